The average Bonchev–Trinajstić information content (AvgIpc) is 3.08. The summed E-state index contributed by atoms with van der Waals surface area (Å²) >= 11 is 1.63. The van der Waals surface area contributed by atoms with Crippen LogP contribution in [0, 0.1) is 6.92 Å². The Morgan fingerprint density at radius 3 is 2.68 bits per heavy atom. The van der Waals surface area contributed by atoms with Crippen LogP contribution in [-0.2, 0) is 28.3 Å². The van der Waals surface area contributed by atoms with E-state index in [0.717, 1.165) is 42.8 Å². The Kier molecular flexibility index (Phi) is 5.79. The van der Waals surface area contributed by atoms with E-state index in [-0.39, 0.29) is 12.3 Å². The number of carbonyl (C=O) groups is 1. The molecule has 3 aromatic rings. The van der Waals surface area contributed by atoms with Crippen LogP contribution in [0.1, 0.15) is 60.2 Å². The van der Waals surface area contributed by atoms with Crippen LogP contribution in [0.4, 0.5) is 8.78 Å². The van der Waals surface area contributed by atoms with Crippen molar-refractivity contribution in [1.82, 2.24) is 9.97 Å². The highest BCUT2D eigenvalue weighted by atomic mass is 32.1. The average molecular weight is 447 g/mol. The number of pyridine rings is 2. The van der Waals surface area contributed by atoms with Gasteiger partial charge in [0.2, 0.25) is 0 Å². The molecule has 0 saturated carbocycles. The maximum absolute atomic E-state index is 13.7. The van der Waals surface area contributed by atoms with Crippen molar-refractivity contribution in [2.45, 2.75) is 58.5 Å². The molecule has 0 aliphatic heterocycles. The SMILES string of the molecule is CCOC(C(=O)O)c1c(C)nc2sc3c(c2c1-c1ccc(C(C)(F)F)nc1)CCCC3. The standard InChI is InChI=1S/C23H24F2N2O3S/c1-4-30-20(22(28)29)17-12(2)27-21-19(14-7-5-6-8-15(14)31-21)18(17)13-9-10-16(26-11-13)23(3,24)25/h9-11,20H,4-8H2,1-3H3,(H,28,29). The van der Waals surface area contributed by atoms with Crippen molar-refractivity contribution in [3.05, 3.63) is 45.7 Å². The van der Waals surface area contributed by atoms with Gasteiger partial charge in [-0.2, -0.15) is 8.78 Å². The first-order valence-electron chi connectivity index (χ1n) is 10.4. The largest absolute Gasteiger partial charge is 0.479 e. The van der Waals surface area contributed by atoms with Crippen LogP contribution >= 0.6 is 11.3 Å². The molecule has 0 fully saturated rings. The smallest absolute Gasteiger partial charge is 0.337 e. The van der Waals surface area contributed by atoms with E-state index in [1.165, 1.54) is 22.7 Å². The fraction of sp³-hybridized carbons (Fsp3) is 0.435. The summed E-state index contributed by atoms with van der Waals surface area (Å²) in [5.41, 5.74) is 3.15. The normalized spacial score (nSPS) is 15.1. The zero-order chi connectivity index (χ0) is 22.3. The molecule has 5 nitrogen and oxygen atoms in total. The Balaban J connectivity index is 2.05. The Hall–Kier alpha value is -2.45. The van der Waals surface area contributed by atoms with Crippen molar-refractivity contribution in [2.75, 3.05) is 6.61 Å². The third-order valence-corrected chi connectivity index (χ3v) is 6.84. The van der Waals surface area contributed by atoms with Crippen molar-refractivity contribution in [1.29, 1.82) is 0 Å². The molecule has 3 aromatic heterocycles. The zero-order valence-corrected chi connectivity index (χ0v) is 18.5. The summed E-state index contributed by atoms with van der Waals surface area (Å²) in [5, 5.41) is 10.8. The number of carboxylic acids is 1. The van der Waals surface area contributed by atoms with E-state index in [9.17, 15) is 18.7 Å². The molecule has 1 aliphatic carbocycles. The minimum absolute atomic E-state index is 0.217. The molecule has 0 radical (unpaired) electrons. The molecule has 1 atom stereocenters. The second kappa shape index (κ2) is 8.24. The summed E-state index contributed by atoms with van der Waals surface area (Å²) in [6.45, 7) is 4.53. The Morgan fingerprint density at radius 1 is 1.32 bits per heavy atom. The molecule has 0 aromatic carbocycles. The number of halogens is 2. The van der Waals surface area contributed by atoms with Gasteiger partial charge in [-0.05, 0) is 51.2 Å². The molecule has 1 aliphatic rings. The molecule has 0 bridgehead atoms. The number of fused-ring (bicyclic) bond motifs is 3. The number of ether oxygens (including phenoxy) is 1. The van der Waals surface area contributed by atoms with Gasteiger partial charge in [-0.3, -0.25) is 4.98 Å². The third-order valence-electron chi connectivity index (χ3n) is 5.65. The fourth-order valence-corrected chi connectivity index (χ4v) is 5.60. The van der Waals surface area contributed by atoms with Gasteiger partial charge in [0.15, 0.2) is 6.10 Å². The van der Waals surface area contributed by atoms with E-state index in [4.69, 9.17) is 9.72 Å². The number of aryl methyl sites for hydroxylation is 3. The van der Waals surface area contributed by atoms with Crippen LogP contribution in [0.5, 0.6) is 0 Å². The fourth-order valence-electron chi connectivity index (χ4n) is 4.28. The van der Waals surface area contributed by atoms with E-state index in [2.05, 4.69) is 4.98 Å². The quantitative estimate of drug-likeness (QED) is 0.517. The van der Waals surface area contributed by atoms with Gasteiger partial charge in [-0.25, -0.2) is 9.78 Å². The molecule has 164 valence electrons. The van der Waals surface area contributed by atoms with Crippen LogP contribution in [0.2, 0.25) is 0 Å². The summed E-state index contributed by atoms with van der Waals surface area (Å²) in [4.78, 5) is 23.0. The monoisotopic (exact) mass is 446 g/mol. The number of alkyl halides is 2. The minimum Gasteiger partial charge on any atom is -0.479 e. The highest BCUT2D eigenvalue weighted by Crippen LogP contribution is 2.45. The van der Waals surface area contributed by atoms with Crippen molar-refractivity contribution in [2.24, 2.45) is 0 Å². The number of nitrogens with zero attached hydrogens (tertiary/aromatic N) is 2. The van der Waals surface area contributed by atoms with E-state index in [1.54, 1.807) is 31.3 Å². The number of thiophene rings is 1. The molecule has 3 heterocycles. The van der Waals surface area contributed by atoms with Crippen molar-refractivity contribution in [3.63, 3.8) is 0 Å². The second-order valence-electron chi connectivity index (χ2n) is 7.87. The number of aromatic nitrogens is 2. The van der Waals surface area contributed by atoms with Crippen LogP contribution in [0.25, 0.3) is 21.3 Å². The van der Waals surface area contributed by atoms with E-state index < -0.39 is 18.0 Å². The van der Waals surface area contributed by atoms with Gasteiger partial charge in [0.25, 0.3) is 5.92 Å². The lowest BCUT2D eigenvalue weighted by Crippen LogP contribution is -2.18. The molecule has 4 rings (SSSR count). The summed E-state index contributed by atoms with van der Waals surface area (Å²) in [6, 6.07) is 2.89. The van der Waals surface area contributed by atoms with Crippen LogP contribution in [0.15, 0.2) is 18.3 Å². The summed E-state index contributed by atoms with van der Waals surface area (Å²) in [5.74, 6) is -4.16. The first-order chi connectivity index (χ1) is 14.7. The third kappa shape index (κ3) is 3.94. The van der Waals surface area contributed by atoms with Crippen molar-refractivity contribution < 1.29 is 23.4 Å². The molecular formula is C23H24F2N2O3S. The van der Waals surface area contributed by atoms with E-state index in [0.29, 0.717) is 22.4 Å². The zero-order valence-electron chi connectivity index (χ0n) is 17.7. The molecule has 8 heteroatoms. The first-order valence-corrected chi connectivity index (χ1v) is 11.2. The number of hydrogen-bond donors (Lipinski definition) is 1. The predicted molar refractivity (Wildman–Crippen MR) is 116 cm³/mol. The van der Waals surface area contributed by atoms with Crippen molar-refractivity contribution >= 4 is 27.5 Å². The van der Waals surface area contributed by atoms with E-state index in [1.807, 2.05) is 0 Å². The number of carboxylic acid groups (broad SMARTS) is 1. The van der Waals surface area contributed by atoms with Crippen LogP contribution < -0.4 is 0 Å². The highest BCUT2D eigenvalue weighted by Gasteiger charge is 2.32. The van der Waals surface area contributed by atoms with Gasteiger partial charge in [0.05, 0.1) is 0 Å². The van der Waals surface area contributed by atoms with Crippen LogP contribution in [0.3, 0.4) is 0 Å². The van der Waals surface area contributed by atoms with Gasteiger partial charge in [-0.15, -0.1) is 11.3 Å². The first kappa shape index (κ1) is 21.8. The molecular weight excluding hydrogens is 422 g/mol. The predicted octanol–water partition coefficient (Wildman–Crippen LogP) is 5.82. The van der Waals surface area contributed by atoms with Gasteiger partial charge in [-0.1, -0.05) is 6.07 Å². The Morgan fingerprint density at radius 2 is 2.06 bits per heavy atom. The molecule has 0 amide bonds. The molecule has 0 saturated heterocycles. The van der Waals surface area contributed by atoms with E-state index >= 15 is 0 Å². The lowest BCUT2D eigenvalue weighted by atomic mass is 9.88. The Bertz CT molecular complexity index is 1140. The maximum atomic E-state index is 13.7. The lowest BCUT2D eigenvalue weighted by Gasteiger charge is -2.21. The van der Waals surface area contributed by atoms with Gasteiger partial charge in [0, 0.05) is 52.4 Å². The summed E-state index contributed by atoms with van der Waals surface area (Å²) in [6.07, 6.45) is 4.22. The van der Waals surface area contributed by atoms with Gasteiger partial charge >= 0.3 is 5.97 Å². The highest BCUT2D eigenvalue weighted by molar-refractivity contribution is 7.19. The van der Waals surface area contributed by atoms with Gasteiger partial charge < -0.3 is 9.84 Å². The lowest BCUT2D eigenvalue weighted by molar-refractivity contribution is -0.150. The molecule has 1 unspecified atom stereocenters. The topological polar surface area (TPSA) is 72.3 Å². The second-order valence-corrected chi connectivity index (χ2v) is 8.95. The molecule has 31 heavy (non-hydrogen) atoms. The summed E-state index contributed by atoms with van der Waals surface area (Å²) < 4.78 is 33.1. The number of aliphatic carboxylic acids is 1. The Labute approximate surface area is 183 Å². The molecule has 1 N–H and O–H groups in total. The van der Waals surface area contributed by atoms with Gasteiger partial charge in [0.1, 0.15) is 10.5 Å². The summed E-state index contributed by atoms with van der Waals surface area (Å²) in [7, 11) is 0. The number of rotatable bonds is 6. The van der Waals surface area contributed by atoms with Crippen molar-refractivity contribution in [3.8, 4) is 11.1 Å². The molecule has 0 spiro atoms. The maximum Gasteiger partial charge on any atom is 0.337 e. The minimum atomic E-state index is -3.05. The number of hydrogen-bond acceptors (Lipinski definition) is 5. The van der Waals surface area contributed by atoms with Crippen LogP contribution in [-0.4, -0.2) is 27.7 Å².